The molecule has 0 saturated carbocycles. The van der Waals surface area contributed by atoms with E-state index in [1.165, 1.54) is 25.3 Å². The zero-order chi connectivity index (χ0) is 29.8. The summed E-state index contributed by atoms with van der Waals surface area (Å²) >= 11 is 0. The maximum Gasteiger partial charge on any atom is 1.00 e. The molecule has 0 aliphatic rings. The smallest absolute Gasteiger partial charge is 0.744 e. The van der Waals surface area contributed by atoms with Crippen LogP contribution in [0.15, 0.2) is 87.3 Å². The molecule has 1 unspecified atom stereocenters. The summed E-state index contributed by atoms with van der Waals surface area (Å²) in [6.07, 6.45) is 0. The van der Waals surface area contributed by atoms with Gasteiger partial charge in [-0.15, -0.1) is 0 Å². The summed E-state index contributed by atoms with van der Waals surface area (Å²) in [5.41, 5.74) is 4.71. The number of Topliss-reactive ketones (excluding diaryl/α,β-unsaturated/α-hetero) is 1. The third kappa shape index (κ3) is 9.28. The summed E-state index contributed by atoms with van der Waals surface area (Å²) < 4.78 is 76.7. The number of benzene rings is 3. The van der Waals surface area contributed by atoms with E-state index in [4.69, 9.17) is 10.5 Å². The van der Waals surface area contributed by atoms with Gasteiger partial charge in [0.05, 0.1) is 28.3 Å². The minimum absolute atomic E-state index is 0. The van der Waals surface area contributed by atoms with E-state index >= 15 is 0 Å². The predicted molar refractivity (Wildman–Crippen MR) is 142 cm³/mol. The van der Waals surface area contributed by atoms with Crippen molar-refractivity contribution in [1.82, 2.24) is 0 Å². The van der Waals surface area contributed by atoms with Crippen LogP contribution in [-0.2, 0) is 29.8 Å². The van der Waals surface area contributed by atoms with Gasteiger partial charge >= 0.3 is 59.1 Å². The normalized spacial score (nSPS) is 12.0. The molecule has 0 saturated heterocycles. The van der Waals surface area contributed by atoms with Gasteiger partial charge in [0.25, 0.3) is 5.91 Å². The fourth-order valence-electron chi connectivity index (χ4n) is 3.56. The van der Waals surface area contributed by atoms with Crippen molar-refractivity contribution < 1.29 is 99.4 Å². The second-order valence-corrected chi connectivity index (χ2v) is 10.9. The molecule has 0 aromatic heterocycles. The Morgan fingerprint density at radius 3 is 2.02 bits per heavy atom. The number of ketones is 1. The minimum Gasteiger partial charge on any atom is -0.744 e. The van der Waals surface area contributed by atoms with Crippen LogP contribution in [0.25, 0.3) is 5.57 Å². The van der Waals surface area contributed by atoms with Gasteiger partial charge in [0.2, 0.25) is 6.04 Å². The Labute approximate surface area is 286 Å². The molecular formula is C25H22N4Na2O9S2. The van der Waals surface area contributed by atoms with Gasteiger partial charge in [0.1, 0.15) is 26.0 Å². The number of hydrogen-bond acceptors (Lipinski definition) is 12. The maximum atomic E-state index is 12.7. The zero-order valence-electron chi connectivity index (χ0n) is 23.0. The van der Waals surface area contributed by atoms with Crippen molar-refractivity contribution in [3.63, 3.8) is 0 Å². The van der Waals surface area contributed by atoms with E-state index in [0.717, 1.165) is 31.2 Å². The van der Waals surface area contributed by atoms with Gasteiger partial charge < -0.3 is 24.9 Å². The average molecular weight is 633 g/mol. The first-order valence-electron chi connectivity index (χ1n) is 11.1. The number of nitrogen functional groups attached to an aromatic ring is 1. The van der Waals surface area contributed by atoms with Crippen molar-refractivity contribution in [3.8, 4) is 5.75 Å². The molecule has 3 aromatic carbocycles. The molecular weight excluding hydrogens is 610 g/mol. The van der Waals surface area contributed by atoms with E-state index in [-0.39, 0.29) is 92.9 Å². The first-order chi connectivity index (χ1) is 18.6. The summed E-state index contributed by atoms with van der Waals surface area (Å²) in [5, 5.41) is 9.99. The van der Waals surface area contributed by atoms with Gasteiger partial charge in [0, 0.05) is 5.69 Å². The van der Waals surface area contributed by atoms with Crippen LogP contribution in [0.4, 0.5) is 17.1 Å². The molecule has 0 bridgehead atoms. The largest absolute Gasteiger partial charge is 1.00 e. The molecule has 210 valence electrons. The standard InChI is InChI=1S/C25H24N4O9S2.2Na/c1-14(18-10-8-16(26)12-22(18)39(32,33)34)19-11-9-17(13-23(19)40(35,36)37)28-29-24(15(2)30)25(31)27-20-6-4-5-7-21(20)38-3;;/h4-13,24H,1,26H2,2-3H3,(H,27,31)(H,32,33,34)(H,35,36,37);;/q;2*+1/p-2. The fourth-order valence-corrected chi connectivity index (χ4v) is 5.03. The van der Waals surface area contributed by atoms with Gasteiger partial charge in [0.15, 0.2) is 5.78 Å². The summed E-state index contributed by atoms with van der Waals surface area (Å²) in [6.45, 7) is 4.77. The van der Waals surface area contributed by atoms with Crippen LogP contribution in [0.3, 0.4) is 0 Å². The van der Waals surface area contributed by atoms with Gasteiger partial charge in [-0.2, -0.15) is 10.2 Å². The number of para-hydroxylation sites is 2. The molecule has 0 spiro atoms. The third-order valence-corrected chi connectivity index (χ3v) is 7.20. The van der Waals surface area contributed by atoms with Crippen molar-refractivity contribution in [3.05, 3.63) is 78.4 Å². The molecule has 1 atom stereocenters. The summed E-state index contributed by atoms with van der Waals surface area (Å²) in [5.74, 6) is -1.21. The molecule has 17 heteroatoms. The first-order valence-corrected chi connectivity index (χ1v) is 14.0. The van der Waals surface area contributed by atoms with E-state index < -0.39 is 47.8 Å². The zero-order valence-corrected chi connectivity index (χ0v) is 28.7. The SMILES string of the molecule is C=C(c1ccc(N)cc1S(=O)(=O)[O-])c1ccc(N=NC(C(C)=O)C(=O)Nc2ccccc2OC)cc1S(=O)(=O)[O-].[Na+].[Na+]. The molecule has 3 aromatic rings. The molecule has 13 nitrogen and oxygen atoms in total. The molecule has 0 radical (unpaired) electrons. The molecule has 0 fully saturated rings. The Bertz CT molecular complexity index is 1760. The van der Waals surface area contributed by atoms with Crippen molar-refractivity contribution in [2.75, 3.05) is 18.2 Å². The molecule has 0 aliphatic heterocycles. The van der Waals surface area contributed by atoms with Crippen molar-refractivity contribution in [2.24, 2.45) is 10.2 Å². The topological polar surface area (TPSA) is 221 Å². The Hall–Kier alpha value is -2.44. The number of methoxy groups -OCH3 is 1. The molecule has 0 aliphatic carbocycles. The quantitative estimate of drug-likeness (QED) is 0.0751. The van der Waals surface area contributed by atoms with Crippen molar-refractivity contribution >= 4 is 54.6 Å². The van der Waals surface area contributed by atoms with E-state index in [2.05, 4.69) is 22.1 Å². The Kier molecular flexibility index (Phi) is 13.7. The number of azo groups is 1. The molecule has 1 amide bonds. The minimum atomic E-state index is -5.21. The van der Waals surface area contributed by atoms with Gasteiger partial charge in [-0.1, -0.05) is 30.8 Å². The monoisotopic (exact) mass is 632 g/mol. The van der Waals surface area contributed by atoms with E-state index in [9.17, 15) is 35.5 Å². The van der Waals surface area contributed by atoms with Gasteiger partial charge in [-0.3, -0.25) is 9.59 Å². The maximum absolute atomic E-state index is 12.7. The van der Waals surface area contributed by atoms with Crippen molar-refractivity contribution in [1.29, 1.82) is 0 Å². The van der Waals surface area contributed by atoms with Crippen LogP contribution >= 0.6 is 0 Å². The summed E-state index contributed by atoms with van der Waals surface area (Å²) in [6, 6.07) is 11.2. The number of carbonyl (C=O) groups is 2. The number of ether oxygens (including phenoxy) is 1. The number of amides is 1. The average Bonchev–Trinajstić information content (AvgIpc) is 2.87. The van der Waals surface area contributed by atoms with Crippen LogP contribution < -0.4 is 74.9 Å². The Balaban J connectivity index is 0.00000441. The molecule has 3 rings (SSSR count). The van der Waals surface area contributed by atoms with Crippen LogP contribution in [0.5, 0.6) is 5.75 Å². The van der Waals surface area contributed by atoms with E-state index in [1.807, 2.05) is 0 Å². The van der Waals surface area contributed by atoms with Gasteiger partial charge in [-0.25, -0.2) is 16.8 Å². The summed E-state index contributed by atoms with van der Waals surface area (Å²) in [7, 11) is -8.88. The second kappa shape index (κ2) is 15.3. The summed E-state index contributed by atoms with van der Waals surface area (Å²) in [4.78, 5) is 23.2. The number of rotatable bonds is 10. The van der Waals surface area contributed by atoms with E-state index in [0.29, 0.717) is 5.75 Å². The Morgan fingerprint density at radius 1 is 0.929 bits per heavy atom. The van der Waals surface area contributed by atoms with Crippen LogP contribution in [0, 0.1) is 0 Å². The van der Waals surface area contributed by atoms with Crippen LogP contribution in [-0.4, -0.2) is 50.8 Å². The number of carbonyl (C=O) groups excluding carboxylic acids is 2. The second-order valence-electron chi connectivity index (χ2n) is 8.24. The molecule has 3 N–H and O–H groups in total. The number of nitrogens with zero attached hydrogens (tertiary/aromatic N) is 2. The van der Waals surface area contributed by atoms with Crippen molar-refractivity contribution in [2.45, 2.75) is 22.8 Å². The van der Waals surface area contributed by atoms with Crippen LogP contribution in [0.1, 0.15) is 18.1 Å². The number of anilines is 2. The van der Waals surface area contributed by atoms with Gasteiger partial charge in [-0.05, 0) is 60.0 Å². The molecule has 42 heavy (non-hydrogen) atoms. The number of nitrogens with one attached hydrogen (secondary N) is 1. The third-order valence-electron chi connectivity index (χ3n) is 5.45. The van der Waals surface area contributed by atoms with E-state index in [1.54, 1.807) is 18.2 Å². The molecule has 0 heterocycles. The fraction of sp³-hybridized carbons (Fsp3) is 0.120. The number of nitrogens with two attached hydrogens (primary N) is 1. The van der Waals surface area contributed by atoms with Crippen LogP contribution in [0.2, 0.25) is 0 Å². The number of hydrogen-bond donors (Lipinski definition) is 2. The Morgan fingerprint density at radius 2 is 1.48 bits per heavy atom. The predicted octanol–water partition coefficient (Wildman–Crippen LogP) is -3.16. The first kappa shape index (κ1) is 37.6.